The number of piperidine rings is 1. The van der Waals surface area contributed by atoms with Gasteiger partial charge in [0.25, 0.3) is 0 Å². The Morgan fingerprint density at radius 2 is 1.75 bits per heavy atom. The van der Waals surface area contributed by atoms with Crippen molar-refractivity contribution in [2.45, 2.75) is 46.1 Å². The lowest BCUT2D eigenvalue weighted by Crippen LogP contribution is -2.36. The molecule has 1 aliphatic rings. The van der Waals surface area contributed by atoms with Crippen molar-refractivity contribution in [2.75, 3.05) is 19.6 Å². The topological polar surface area (TPSA) is 29.3 Å². The fourth-order valence-electron chi connectivity index (χ4n) is 3.15. The number of nitrogens with two attached hydrogens (primary N) is 1. The lowest BCUT2D eigenvalue weighted by Gasteiger charge is -2.34. The summed E-state index contributed by atoms with van der Waals surface area (Å²) in [5.74, 6) is 1.77. The van der Waals surface area contributed by atoms with Crippen LogP contribution in [0.3, 0.4) is 0 Å². The van der Waals surface area contributed by atoms with Crippen molar-refractivity contribution < 1.29 is 0 Å². The molecule has 1 saturated heterocycles. The molecule has 2 N–H and O–H groups in total. The molecule has 0 spiro atoms. The lowest BCUT2D eigenvalue weighted by atomic mass is 9.86. The summed E-state index contributed by atoms with van der Waals surface area (Å²) >= 11 is 0. The molecule has 1 aromatic carbocycles. The van der Waals surface area contributed by atoms with Gasteiger partial charge in [0, 0.05) is 6.04 Å². The zero-order valence-electron chi connectivity index (χ0n) is 13.3. The largest absolute Gasteiger partial charge is 0.324 e. The predicted molar refractivity (Wildman–Crippen MR) is 86.7 cm³/mol. The minimum absolute atomic E-state index is 0.179. The Bertz CT molecular complexity index is 388. The number of nitrogens with zero attached hydrogens (tertiary/aromatic N) is 1. The zero-order valence-corrected chi connectivity index (χ0v) is 13.3. The number of rotatable bonds is 5. The van der Waals surface area contributed by atoms with E-state index < -0.39 is 0 Å². The van der Waals surface area contributed by atoms with Crippen LogP contribution in [0.25, 0.3) is 0 Å². The van der Waals surface area contributed by atoms with Crippen molar-refractivity contribution >= 4 is 0 Å². The molecule has 1 unspecified atom stereocenters. The van der Waals surface area contributed by atoms with Crippen molar-refractivity contribution in [3.63, 3.8) is 0 Å². The predicted octanol–water partition coefficient (Wildman–Crippen LogP) is 3.75. The number of hydrogen-bond donors (Lipinski definition) is 1. The minimum atomic E-state index is 0.179. The molecule has 0 aromatic heterocycles. The molecule has 2 heteroatoms. The summed E-state index contributed by atoms with van der Waals surface area (Å²) in [7, 11) is 0. The fraction of sp³-hybridized carbons (Fsp3) is 0.667. The molecular weight excluding hydrogens is 244 g/mol. The Morgan fingerprint density at radius 1 is 1.15 bits per heavy atom. The van der Waals surface area contributed by atoms with E-state index in [-0.39, 0.29) is 6.04 Å². The summed E-state index contributed by atoms with van der Waals surface area (Å²) < 4.78 is 0. The molecule has 1 heterocycles. The molecule has 2 rings (SSSR count). The summed E-state index contributed by atoms with van der Waals surface area (Å²) in [5, 5.41) is 0. The Kier molecular flexibility index (Phi) is 5.62. The van der Waals surface area contributed by atoms with Crippen LogP contribution in [0, 0.1) is 18.8 Å². The van der Waals surface area contributed by atoms with E-state index in [0.717, 1.165) is 24.8 Å². The van der Waals surface area contributed by atoms with E-state index in [1.807, 2.05) is 0 Å². The monoisotopic (exact) mass is 274 g/mol. The number of likely N-dealkylation sites (tertiary alicyclic amines) is 1. The van der Waals surface area contributed by atoms with Crippen LogP contribution in [-0.4, -0.2) is 24.5 Å². The maximum atomic E-state index is 6.31. The van der Waals surface area contributed by atoms with Crippen molar-refractivity contribution in [1.82, 2.24) is 4.90 Å². The molecule has 0 radical (unpaired) electrons. The van der Waals surface area contributed by atoms with E-state index in [1.165, 1.54) is 37.1 Å². The zero-order chi connectivity index (χ0) is 14.5. The Balaban J connectivity index is 1.74. The normalized spacial score (nSPS) is 19.4. The van der Waals surface area contributed by atoms with Crippen LogP contribution in [-0.2, 0) is 0 Å². The highest BCUT2D eigenvalue weighted by Crippen LogP contribution is 2.25. The van der Waals surface area contributed by atoms with Crippen LogP contribution >= 0.6 is 0 Å². The van der Waals surface area contributed by atoms with Gasteiger partial charge in [-0.2, -0.15) is 0 Å². The van der Waals surface area contributed by atoms with Gasteiger partial charge in [-0.3, -0.25) is 0 Å². The molecule has 112 valence electrons. The van der Waals surface area contributed by atoms with Crippen molar-refractivity contribution in [3.05, 3.63) is 35.4 Å². The number of benzene rings is 1. The van der Waals surface area contributed by atoms with Crippen LogP contribution in [0.1, 0.15) is 50.3 Å². The summed E-state index contributed by atoms with van der Waals surface area (Å²) in [6.45, 7) is 10.5. The standard InChI is InChI=1S/C18H30N2/c1-14(2)16-8-11-20(12-9-16)13-10-18(19)17-6-4-15(3)5-7-17/h4-7,14,16,18H,8-13,19H2,1-3H3. The quantitative estimate of drug-likeness (QED) is 0.886. The second kappa shape index (κ2) is 7.24. The Labute approximate surface area is 124 Å². The molecule has 2 nitrogen and oxygen atoms in total. The van der Waals surface area contributed by atoms with Gasteiger partial charge in [-0.1, -0.05) is 43.7 Å². The molecular formula is C18H30N2. The minimum Gasteiger partial charge on any atom is -0.324 e. The maximum Gasteiger partial charge on any atom is 0.0307 e. The van der Waals surface area contributed by atoms with E-state index in [4.69, 9.17) is 5.73 Å². The molecule has 0 bridgehead atoms. The maximum absolute atomic E-state index is 6.31. The second-order valence-electron chi connectivity index (χ2n) is 6.73. The highest BCUT2D eigenvalue weighted by molar-refractivity contribution is 5.23. The van der Waals surface area contributed by atoms with Crippen molar-refractivity contribution in [3.8, 4) is 0 Å². The van der Waals surface area contributed by atoms with Gasteiger partial charge in [0.05, 0.1) is 0 Å². The third-order valence-electron chi connectivity index (χ3n) is 4.84. The first-order valence-electron chi connectivity index (χ1n) is 8.10. The van der Waals surface area contributed by atoms with E-state index in [0.29, 0.717) is 0 Å². The summed E-state index contributed by atoms with van der Waals surface area (Å²) in [6.07, 6.45) is 3.78. The average molecular weight is 274 g/mol. The van der Waals surface area contributed by atoms with E-state index >= 15 is 0 Å². The third-order valence-corrected chi connectivity index (χ3v) is 4.84. The first-order valence-corrected chi connectivity index (χ1v) is 8.10. The van der Waals surface area contributed by atoms with Crippen molar-refractivity contribution in [1.29, 1.82) is 0 Å². The molecule has 1 aromatic rings. The van der Waals surface area contributed by atoms with Crippen LogP contribution in [0.4, 0.5) is 0 Å². The molecule has 1 atom stereocenters. The van der Waals surface area contributed by atoms with Crippen molar-refractivity contribution in [2.24, 2.45) is 17.6 Å². The van der Waals surface area contributed by atoms with Gasteiger partial charge in [-0.05, 0) is 63.2 Å². The lowest BCUT2D eigenvalue weighted by molar-refractivity contribution is 0.154. The number of hydrogen-bond acceptors (Lipinski definition) is 2. The van der Waals surface area contributed by atoms with E-state index in [1.54, 1.807) is 0 Å². The van der Waals surface area contributed by atoms with Gasteiger partial charge in [-0.25, -0.2) is 0 Å². The molecule has 1 fully saturated rings. The third kappa shape index (κ3) is 4.32. The van der Waals surface area contributed by atoms with Gasteiger partial charge in [0.15, 0.2) is 0 Å². The van der Waals surface area contributed by atoms with Crippen LogP contribution in [0.2, 0.25) is 0 Å². The first kappa shape index (κ1) is 15.5. The van der Waals surface area contributed by atoms with Crippen LogP contribution in [0.5, 0.6) is 0 Å². The molecule has 1 aliphatic heterocycles. The molecule has 0 saturated carbocycles. The molecule has 0 aliphatic carbocycles. The summed E-state index contributed by atoms with van der Waals surface area (Å²) in [5.41, 5.74) is 8.88. The fourth-order valence-corrected chi connectivity index (χ4v) is 3.15. The smallest absolute Gasteiger partial charge is 0.0307 e. The SMILES string of the molecule is Cc1ccc(C(N)CCN2CCC(C(C)C)CC2)cc1. The summed E-state index contributed by atoms with van der Waals surface area (Å²) in [6, 6.07) is 8.83. The van der Waals surface area contributed by atoms with Crippen LogP contribution in [0.15, 0.2) is 24.3 Å². The second-order valence-corrected chi connectivity index (χ2v) is 6.73. The highest BCUT2D eigenvalue weighted by Gasteiger charge is 2.21. The summed E-state index contributed by atoms with van der Waals surface area (Å²) in [4.78, 5) is 2.59. The van der Waals surface area contributed by atoms with Gasteiger partial charge < -0.3 is 10.6 Å². The van der Waals surface area contributed by atoms with Crippen LogP contribution < -0.4 is 5.73 Å². The Morgan fingerprint density at radius 3 is 2.30 bits per heavy atom. The number of aryl methyl sites for hydroxylation is 1. The molecule has 20 heavy (non-hydrogen) atoms. The van der Waals surface area contributed by atoms with Gasteiger partial charge in [0.1, 0.15) is 0 Å². The van der Waals surface area contributed by atoms with Gasteiger partial charge >= 0.3 is 0 Å². The highest BCUT2D eigenvalue weighted by atomic mass is 15.1. The van der Waals surface area contributed by atoms with E-state index in [2.05, 4.69) is 49.9 Å². The van der Waals surface area contributed by atoms with Gasteiger partial charge in [0.2, 0.25) is 0 Å². The average Bonchev–Trinajstić information content (AvgIpc) is 2.46. The van der Waals surface area contributed by atoms with Gasteiger partial charge in [-0.15, -0.1) is 0 Å². The first-order chi connectivity index (χ1) is 9.56. The van der Waals surface area contributed by atoms with E-state index in [9.17, 15) is 0 Å². The molecule has 0 amide bonds. The Hall–Kier alpha value is -0.860.